The number of benzene rings is 3. The number of para-hydroxylation sites is 1. The van der Waals surface area contributed by atoms with E-state index in [4.69, 9.17) is 9.15 Å². The highest BCUT2D eigenvalue weighted by atomic mass is 16.5. The smallest absolute Gasteiger partial charge is 0.143 e. The summed E-state index contributed by atoms with van der Waals surface area (Å²) in [6.07, 6.45) is 0. The van der Waals surface area contributed by atoms with Crippen LogP contribution in [0.4, 0.5) is 0 Å². The number of furan rings is 1. The standard InChI is InChI=1S/C22H18O2/c1-15-7-9-16(10-8-15)21-19-5-3-4-6-20(19)24-22(21)17-11-13-18(23-2)14-12-17/h3-14H,1-2H3. The van der Waals surface area contributed by atoms with E-state index in [2.05, 4.69) is 37.3 Å². The van der Waals surface area contributed by atoms with E-state index in [1.165, 1.54) is 5.56 Å². The van der Waals surface area contributed by atoms with Crippen molar-refractivity contribution in [1.82, 2.24) is 0 Å². The van der Waals surface area contributed by atoms with Gasteiger partial charge in [0.15, 0.2) is 0 Å². The molecule has 0 fully saturated rings. The van der Waals surface area contributed by atoms with Crippen molar-refractivity contribution in [2.24, 2.45) is 0 Å². The quantitative estimate of drug-likeness (QED) is 0.457. The first-order chi connectivity index (χ1) is 11.8. The number of fused-ring (bicyclic) bond motifs is 1. The van der Waals surface area contributed by atoms with Crippen molar-refractivity contribution in [3.05, 3.63) is 78.4 Å². The van der Waals surface area contributed by atoms with Crippen molar-refractivity contribution in [1.29, 1.82) is 0 Å². The van der Waals surface area contributed by atoms with Crippen LogP contribution in [-0.4, -0.2) is 7.11 Å². The van der Waals surface area contributed by atoms with Gasteiger partial charge < -0.3 is 9.15 Å². The first-order valence-corrected chi connectivity index (χ1v) is 7.99. The summed E-state index contributed by atoms with van der Waals surface area (Å²) < 4.78 is 11.5. The van der Waals surface area contributed by atoms with Crippen LogP contribution in [0.3, 0.4) is 0 Å². The maximum absolute atomic E-state index is 6.20. The summed E-state index contributed by atoms with van der Waals surface area (Å²) in [6, 6.07) is 24.7. The van der Waals surface area contributed by atoms with Crippen molar-refractivity contribution < 1.29 is 9.15 Å². The molecule has 0 aliphatic heterocycles. The van der Waals surface area contributed by atoms with Crippen LogP contribution in [0.1, 0.15) is 5.56 Å². The summed E-state index contributed by atoms with van der Waals surface area (Å²) in [5, 5.41) is 1.13. The molecule has 2 nitrogen and oxygen atoms in total. The minimum Gasteiger partial charge on any atom is -0.497 e. The molecule has 0 N–H and O–H groups in total. The molecule has 118 valence electrons. The topological polar surface area (TPSA) is 22.4 Å². The molecule has 4 aromatic rings. The molecule has 0 bridgehead atoms. The normalized spacial score (nSPS) is 10.9. The van der Waals surface area contributed by atoms with Gasteiger partial charge >= 0.3 is 0 Å². The van der Waals surface area contributed by atoms with E-state index in [0.717, 1.165) is 39.2 Å². The molecule has 2 heteroatoms. The van der Waals surface area contributed by atoms with Gasteiger partial charge in [-0.05, 0) is 42.8 Å². The molecule has 3 aromatic carbocycles. The Bertz CT molecular complexity index is 977. The third kappa shape index (κ3) is 2.46. The Labute approximate surface area is 141 Å². The number of ether oxygens (including phenoxy) is 1. The Morgan fingerprint density at radius 1 is 0.750 bits per heavy atom. The molecule has 0 radical (unpaired) electrons. The summed E-state index contributed by atoms with van der Waals surface area (Å²) in [5.74, 6) is 1.73. The molecule has 0 spiro atoms. The lowest BCUT2D eigenvalue weighted by Gasteiger charge is -2.06. The van der Waals surface area contributed by atoms with Gasteiger partial charge in [0.2, 0.25) is 0 Å². The predicted molar refractivity (Wildman–Crippen MR) is 98.4 cm³/mol. The van der Waals surface area contributed by atoms with Gasteiger partial charge in [0.25, 0.3) is 0 Å². The minimum absolute atomic E-state index is 0.840. The Kier molecular flexibility index (Phi) is 3.58. The third-order valence-electron chi connectivity index (χ3n) is 4.29. The van der Waals surface area contributed by atoms with Crippen molar-refractivity contribution in [2.75, 3.05) is 7.11 Å². The summed E-state index contributed by atoms with van der Waals surface area (Å²) in [7, 11) is 1.67. The summed E-state index contributed by atoms with van der Waals surface area (Å²) >= 11 is 0. The number of methoxy groups -OCH3 is 1. The fourth-order valence-electron chi connectivity index (χ4n) is 3.00. The van der Waals surface area contributed by atoms with E-state index in [0.29, 0.717) is 0 Å². The first-order valence-electron chi connectivity index (χ1n) is 7.99. The molecule has 0 aliphatic carbocycles. The van der Waals surface area contributed by atoms with Gasteiger partial charge in [-0.1, -0.05) is 48.0 Å². The molecular weight excluding hydrogens is 296 g/mol. The van der Waals surface area contributed by atoms with Crippen LogP contribution < -0.4 is 4.74 Å². The van der Waals surface area contributed by atoms with Crippen molar-refractivity contribution >= 4 is 11.0 Å². The summed E-state index contributed by atoms with van der Waals surface area (Å²) in [5.41, 5.74) is 5.49. The fourth-order valence-corrected chi connectivity index (χ4v) is 3.00. The van der Waals surface area contributed by atoms with Gasteiger partial charge in [-0.15, -0.1) is 0 Å². The lowest BCUT2D eigenvalue weighted by molar-refractivity contribution is 0.415. The predicted octanol–water partition coefficient (Wildman–Crippen LogP) is 6.08. The average Bonchev–Trinajstić information content (AvgIpc) is 3.02. The highest BCUT2D eigenvalue weighted by Crippen LogP contribution is 2.41. The molecule has 0 atom stereocenters. The number of aryl methyl sites for hydroxylation is 1. The molecule has 4 rings (SSSR count). The van der Waals surface area contributed by atoms with Gasteiger partial charge in [-0.25, -0.2) is 0 Å². The number of rotatable bonds is 3. The van der Waals surface area contributed by atoms with E-state index in [-0.39, 0.29) is 0 Å². The van der Waals surface area contributed by atoms with E-state index in [9.17, 15) is 0 Å². The Hall–Kier alpha value is -3.00. The molecule has 1 heterocycles. The van der Waals surface area contributed by atoms with Crippen LogP contribution in [0.15, 0.2) is 77.2 Å². The molecule has 0 saturated heterocycles. The molecule has 0 saturated carbocycles. The molecule has 0 amide bonds. The molecule has 24 heavy (non-hydrogen) atoms. The monoisotopic (exact) mass is 314 g/mol. The molecular formula is C22H18O2. The average molecular weight is 314 g/mol. The van der Waals surface area contributed by atoms with Crippen LogP contribution in [-0.2, 0) is 0 Å². The Balaban J connectivity index is 1.97. The van der Waals surface area contributed by atoms with Crippen molar-refractivity contribution in [2.45, 2.75) is 6.92 Å². The van der Waals surface area contributed by atoms with Crippen LogP contribution in [0.5, 0.6) is 5.75 Å². The largest absolute Gasteiger partial charge is 0.497 e. The van der Waals surface area contributed by atoms with Gasteiger partial charge in [0, 0.05) is 16.5 Å². The highest BCUT2D eigenvalue weighted by molar-refractivity contribution is 6.01. The van der Waals surface area contributed by atoms with E-state index in [1.54, 1.807) is 7.11 Å². The number of hydrogen-bond acceptors (Lipinski definition) is 2. The molecule has 1 aromatic heterocycles. The van der Waals surface area contributed by atoms with Crippen LogP contribution in [0.25, 0.3) is 33.4 Å². The van der Waals surface area contributed by atoms with Gasteiger partial charge in [-0.3, -0.25) is 0 Å². The second-order valence-corrected chi connectivity index (χ2v) is 5.90. The van der Waals surface area contributed by atoms with Gasteiger partial charge in [0.1, 0.15) is 17.1 Å². The summed E-state index contributed by atoms with van der Waals surface area (Å²) in [4.78, 5) is 0. The zero-order valence-electron chi connectivity index (χ0n) is 13.7. The van der Waals surface area contributed by atoms with Crippen LogP contribution >= 0.6 is 0 Å². The third-order valence-corrected chi connectivity index (χ3v) is 4.29. The highest BCUT2D eigenvalue weighted by Gasteiger charge is 2.17. The van der Waals surface area contributed by atoms with Crippen LogP contribution in [0, 0.1) is 6.92 Å². The van der Waals surface area contributed by atoms with Crippen molar-refractivity contribution in [3.63, 3.8) is 0 Å². The van der Waals surface area contributed by atoms with E-state index in [1.807, 2.05) is 42.5 Å². The molecule has 0 unspecified atom stereocenters. The fraction of sp³-hybridized carbons (Fsp3) is 0.0909. The first kappa shape index (κ1) is 14.6. The number of hydrogen-bond donors (Lipinski definition) is 0. The SMILES string of the molecule is COc1ccc(-c2oc3ccccc3c2-c2ccc(C)cc2)cc1. The Morgan fingerprint density at radius 3 is 2.12 bits per heavy atom. The second kappa shape index (κ2) is 5.89. The zero-order valence-corrected chi connectivity index (χ0v) is 13.7. The zero-order chi connectivity index (χ0) is 16.5. The summed E-state index contributed by atoms with van der Waals surface area (Å²) in [6.45, 7) is 2.10. The lowest BCUT2D eigenvalue weighted by Crippen LogP contribution is -1.84. The van der Waals surface area contributed by atoms with Crippen molar-refractivity contribution in [3.8, 4) is 28.2 Å². The Morgan fingerprint density at radius 2 is 1.42 bits per heavy atom. The maximum Gasteiger partial charge on any atom is 0.143 e. The van der Waals surface area contributed by atoms with Crippen LogP contribution in [0.2, 0.25) is 0 Å². The second-order valence-electron chi connectivity index (χ2n) is 5.90. The van der Waals surface area contributed by atoms with E-state index < -0.39 is 0 Å². The van der Waals surface area contributed by atoms with Gasteiger partial charge in [-0.2, -0.15) is 0 Å². The minimum atomic E-state index is 0.840. The van der Waals surface area contributed by atoms with Gasteiger partial charge in [0.05, 0.1) is 7.11 Å². The maximum atomic E-state index is 6.20. The van der Waals surface area contributed by atoms with E-state index >= 15 is 0 Å². The molecule has 0 aliphatic rings. The lowest BCUT2D eigenvalue weighted by atomic mass is 9.98.